The second-order valence-corrected chi connectivity index (χ2v) is 6.86. The Kier molecular flexibility index (Phi) is 4.40. The van der Waals surface area contributed by atoms with Crippen molar-refractivity contribution in [2.24, 2.45) is 0 Å². The van der Waals surface area contributed by atoms with Gasteiger partial charge in [-0.25, -0.2) is 15.0 Å². The second-order valence-electron chi connectivity index (χ2n) is 6.86. The topological polar surface area (TPSA) is 71.8 Å². The van der Waals surface area contributed by atoms with Crippen LogP contribution in [0.4, 0.5) is 0 Å². The molecule has 0 spiro atoms. The van der Waals surface area contributed by atoms with E-state index in [1.807, 2.05) is 42.9 Å². The number of aryl methyl sites for hydroxylation is 1. The molecule has 0 radical (unpaired) electrons. The summed E-state index contributed by atoms with van der Waals surface area (Å²) in [5, 5.41) is 3.32. The molecule has 0 saturated carbocycles. The van der Waals surface area contributed by atoms with E-state index in [2.05, 4.69) is 54.9 Å². The van der Waals surface area contributed by atoms with Crippen LogP contribution < -0.4 is 5.32 Å². The normalized spacial score (nSPS) is 15.8. The number of nitrogens with zero attached hydrogens (tertiary/aromatic N) is 6. The molecule has 1 aliphatic rings. The van der Waals surface area contributed by atoms with Crippen molar-refractivity contribution in [1.29, 1.82) is 0 Å². The lowest BCUT2D eigenvalue weighted by atomic mass is 10.1. The first-order valence-electron chi connectivity index (χ1n) is 9.69. The molecule has 7 nitrogen and oxygen atoms in total. The largest absolute Gasteiger partial charge is 0.364 e. The Bertz CT molecular complexity index is 1150. The monoisotopic (exact) mass is 383 g/mol. The molecule has 1 atom stereocenters. The summed E-state index contributed by atoms with van der Waals surface area (Å²) in [6, 6.07) is 14.1. The van der Waals surface area contributed by atoms with Crippen LogP contribution >= 0.6 is 0 Å². The van der Waals surface area contributed by atoms with Crippen molar-refractivity contribution in [1.82, 2.24) is 34.7 Å². The summed E-state index contributed by atoms with van der Waals surface area (Å²) in [7, 11) is 0. The summed E-state index contributed by atoms with van der Waals surface area (Å²) in [5.74, 6) is 1.75. The minimum absolute atomic E-state index is 0.0922. The Hall–Kier alpha value is -3.74. The van der Waals surface area contributed by atoms with E-state index in [0.717, 1.165) is 40.5 Å². The summed E-state index contributed by atoms with van der Waals surface area (Å²) in [4.78, 5) is 20.3. The zero-order chi connectivity index (χ0) is 19.6. The van der Waals surface area contributed by atoms with Crippen LogP contribution in [-0.2, 0) is 13.1 Å². The lowest BCUT2D eigenvalue weighted by Crippen LogP contribution is -2.29. The van der Waals surface area contributed by atoms with Gasteiger partial charge in [-0.1, -0.05) is 12.1 Å². The third-order valence-electron chi connectivity index (χ3n) is 5.11. The van der Waals surface area contributed by atoms with E-state index < -0.39 is 0 Å². The van der Waals surface area contributed by atoms with Gasteiger partial charge >= 0.3 is 0 Å². The van der Waals surface area contributed by atoms with Gasteiger partial charge in [0.05, 0.1) is 23.3 Å². The maximum Gasteiger partial charge on any atom is 0.171 e. The van der Waals surface area contributed by atoms with E-state index in [-0.39, 0.29) is 6.17 Å². The third-order valence-corrected chi connectivity index (χ3v) is 5.11. The highest BCUT2D eigenvalue weighted by atomic mass is 15.3. The first-order chi connectivity index (χ1) is 14.3. The van der Waals surface area contributed by atoms with Gasteiger partial charge in [0.1, 0.15) is 5.82 Å². The zero-order valence-corrected chi connectivity index (χ0v) is 16.1. The highest BCUT2D eigenvalue weighted by molar-refractivity contribution is 5.82. The van der Waals surface area contributed by atoms with Crippen molar-refractivity contribution < 1.29 is 0 Å². The number of pyridine rings is 1. The Morgan fingerprint density at radius 3 is 2.66 bits per heavy atom. The molecule has 0 bridgehead atoms. The number of benzene rings is 1. The summed E-state index contributed by atoms with van der Waals surface area (Å²) in [6.45, 7) is 3.65. The van der Waals surface area contributed by atoms with Crippen LogP contribution in [0.15, 0.2) is 73.5 Å². The molecule has 0 fully saturated rings. The molecule has 0 aliphatic carbocycles. The fourth-order valence-electron chi connectivity index (χ4n) is 3.73. The van der Waals surface area contributed by atoms with Gasteiger partial charge in [0.25, 0.3) is 0 Å². The minimum Gasteiger partial charge on any atom is -0.364 e. The molecule has 0 saturated heterocycles. The Labute approximate surface area is 168 Å². The number of imidazole rings is 1. The molecule has 3 aromatic heterocycles. The minimum atomic E-state index is -0.0922. The van der Waals surface area contributed by atoms with Crippen LogP contribution in [0.5, 0.6) is 0 Å². The SMILES string of the molecule is CCn1c(CN2C=CNC2c2ncccn2)nc2ccc(-c3ccccn3)cc21. The van der Waals surface area contributed by atoms with E-state index in [9.17, 15) is 0 Å². The number of hydrogen-bond donors (Lipinski definition) is 1. The van der Waals surface area contributed by atoms with E-state index in [1.165, 1.54) is 0 Å². The molecular weight excluding hydrogens is 362 g/mol. The fourth-order valence-corrected chi connectivity index (χ4v) is 3.73. The van der Waals surface area contributed by atoms with Gasteiger partial charge in [0.2, 0.25) is 0 Å². The molecule has 5 rings (SSSR count). The van der Waals surface area contributed by atoms with Gasteiger partial charge in [0, 0.05) is 43.1 Å². The molecule has 29 heavy (non-hydrogen) atoms. The lowest BCUT2D eigenvalue weighted by Gasteiger charge is -2.24. The predicted molar refractivity (Wildman–Crippen MR) is 111 cm³/mol. The van der Waals surface area contributed by atoms with Gasteiger partial charge in [-0.05, 0) is 37.3 Å². The van der Waals surface area contributed by atoms with E-state index in [1.54, 1.807) is 12.4 Å². The van der Waals surface area contributed by atoms with Gasteiger partial charge in [-0.15, -0.1) is 0 Å². The summed E-state index contributed by atoms with van der Waals surface area (Å²) in [6.07, 6.45) is 9.21. The van der Waals surface area contributed by atoms with Crippen molar-refractivity contribution in [3.8, 4) is 11.3 Å². The highest BCUT2D eigenvalue weighted by Crippen LogP contribution is 2.27. The van der Waals surface area contributed by atoms with Gasteiger partial charge in [-0.3, -0.25) is 4.98 Å². The van der Waals surface area contributed by atoms with Gasteiger partial charge in [-0.2, -0.15) is 0 Å². The lowest BCUT2D eigenvalue weighted by molar-refractivity contribution is 0.256. The smallest absolute Gasteiger partial charge is 0.171 e. The number of fused-ring (bicyclic) bond motifs is 1. The third kappa shape index (κ3) is 3.20. The van der Waals surface area contributed by atoms with Crippen LogP contribution in [0, 0.1) is 0 Å². The van der Waals surface area contributed by atoms with Crippen LogP contribution in [0.2, 0.25) is 0 Å². The quantitative estimate of drug-likeness (QED) is 0.569. The fraction of sp³-hybridized carbons (Fsp3) is 0.182. The standard InChI is InChI=1S/C22H21N7/c1-2-29-19-14-16(17-6-3-4-9-23-17)7-8-18(19)27-20(29)15-28-13-12-26-22(28)21-24-10-5-11-25-21/h3-14,22,26H,2,15H2,1H3. The zero-order valence-electron chi connectivity index (χ0n) is 16.1. The number of rotatable bonds is 5. The van der Waals surface area contributed by atoms with E-state index in [0.29, 0.717) is 6.54 Å². The van der Waals surface area contributed by atoms with E-state index >= 15 is 0 Å². The average Bonchev–Trinajstić information content (AvgIpc) is 3.38. The summed E-state index contributed by atoms with van der Waals surface area (Å²) >= 11 is 0. The van der Waals surface area contributed by atoms with Crippen molar-refractivity contribution >= 4 is 11.0 Å². The van der Waals surface area contributed by atoms with Crippen molar-refractivity contribution in [2.75, 3.05) is 0 Å². The average molecular weight is 383 g/mol. The van der Waals surface area contributed by atoms with Gasteiger partial charge in [0.15, 0.2) is 12.0 Å². The number of aromatic nitrogens is 5. The first-order valence-corrected chi connectivity index (χ1v) is 9.69. The van der Waals surface area contributed by atoms with Gasteiger partial charge < -0.3 is 14.8 Å². The van der Waals surface area contributed by atoms with Crippen molar-refractivity contribution in [2.45, 2.75) is 26.2 Å². The predicted octanol–water partition coefficient (Wildman–Crippen LogP) is 3.48. The summed E-state index contributed by atoms with van der Waals surface area (Å²) < 4.78 is 2.26. The Morgan fingerprint density at radius 1 is 1.00 bits per heavy atom. The Balaban J connectivity index is 1.49. The molecule has 4 aromatic rings. The first kappa shape index (κ1) is 17.4. The Morgan fingerprint density at radius 2 is 1.86 bits per heavy atom. The second kappa shape index (κ2) is 7.35. The molecule has 1 unspecified atom stereocenters. The maximum absolute atomic E-state index is 4.91. The maximum atomic E-state index is 4.91. The van der Waals surface area contributed by atoms with E-state index in [4.69, 9.17) is 4.98 Å². The van der Waals surface area contributed by atoms with Crippen LogP contribution in [-0.4, -0.2) is 29.4 Å². The van der Waals surface area contributed by atoms with Crippen molar-refractivity contribution in [3.05, 3.63) is 85.1 Å². The van der Waals surface area contributed by atoms with Crippen molar-refractivity contribution in [3.63, 3.8) is 0 Å². The molecule has 7 heteroatoms. The molecule has 1 N–H and O–H groups in total. The molecule has 1 aromatic carbocycles. The molecule has 1 aliphatic heterocycles. The van der Waals surface area contributed by atoms with Crippen LogP contribution in [0.1, 0.15) is 24.7 Å². The molecule has 4 heterocycles. The molecule has 0 amide bonds. The highest BCUT2D eigenvalue weighted by Gasteiger charge is 2.25. The van der Waals surface area contributed by atoms with Crippen LogP contribution in [0.25, 0.3) is 22.3 Å². The summed E-state index contributed by atoms with van der Waals surface area (Å²) in [5.41, 5.74) is 4.17. The molecule has 144 valence electrons. The molecular formula is C22H21N7. The van der Waals surface area contributed by atoms with Crippen LogP contribution in [0.3, 0.4) is 0 Å². The number of nitrogens with one attached hydrogen (secondary N) is 1. The number of hydrogen-bond acceptors (Lipinski definition) is 6.